The largest absolute Gasteiger partial charge is 2.00 e. The quantitative estimate of drug-likeness (QED) is 0.125. The van der Waals surface area contributed by atoms with Gasteiger partial charge in [0.2, 0.25) is 0 Å². The molecule has 1 radical (unpaired) electrons. The van der Waals surface area contributed by atoms with Gasteiger partial charge in [-0.1, -0.05) is 0 Å². The topological polar surface area (TPSA) is 156 Å². The van der Waals surface area contributed by atoms with Crippen LogP contribution in [0.2, 0.25) is 0 Å². The van der Waals surface area contributed by atoms with Gasteiger partial charge in [0.15, 0.2) is 0 Å². The second-order valence-corrected chi connectivity index (χ2v) is 3.08. The number of hydrogen-bond donors (Lipinski definition) is 6. The molecule has 0 aromatic rings. The van der Waals surface area contributed by atoms with E-state index in [-0.39, 0.29) is 207 Å². The Bertz CT molecular complexity index is 162. The van der Waals surface area contributed by atoms with E-state index < -0.39 is 15.6 Å². The average Bonchev–Trinajstić information content (AvgIpc) is 1.12. The second-order valence-electron chi connectivity index (χ2n) is 1.03. The minimum atomic E-state index is -4.64. The van der Waals surface area contributed by atoms with Crippen molar-refractivity contribution < 1.29 is 109 Å². The van der Waals surface area contributed by atoms with Crippen molar-refractivity contribution in [3.05, 3.63) is 0 Å². The monoisotopic (exact) mass is 659 g/mol. The van der Waals surface area contributed by atoms with Crippen LogP contribution < -0.4 is 0 Å². The van der Waals surface area contributed by atoms with Gasteiger partial charge < -0.3 is 37.9 Å². The van der Waals surface area contributed by atoms with E-state index in [1.54, 1.807) is 0 Å². The predicted molar refractivity (Wildman–Crippen MR) is 52.5 cm³/mol. The Labute approximate surface area is 254 Å². The van der Waals surface area contributed by atoms with Crippen LogP contribution >= 0.6 is 15.6 Å². The molecule has 0 amide bonds. The molecule has 0 aliphatic heterocycles. The van der Waals surface area contributed by atoms with Gasteiger partial charge in [-0.05, 0) is 0 Å². The van der Waals surface area contributed by atoms with Crippen LogP contribution in [0.3, 0.4) is 0 Å². The number of rotatable bonds is 0. The molecule has 0 rings (SSSR count). The van der Waals surface area contributed by atoms with Crippen molar-refractivity contribution >= 4 is 152 Å². The molecule has 0 spiro atoms. The van der Waals surface area contributed by atoms with Crippen LogP contribution in [0.25, 0.3) is 0 Å². The molecule has 0 aromatic carbocycles. The van der Waals surface area contributed by atoms with Gasteiger partial charge in [0.25, 0.3) is 0 Å². The predicted octanol–water partition coefficient (Wildman–Crippen LogP) is -2.32. The van der Waals surface area contributed by atoms with E-state index in [0.29, 0.717) is 0 Å². The summed E-state index contributed by atoms with van der Waals surface area (Å²) in [6.07, 6.45) is 0. The Balaban J connectivity index is -0.00000000314. The maximum absolute atomic E-state index is 8.88. The first-order chi connectivity index (χ1) is 4.00. The first-order valence-corrected chi connectivity index (χ1v) is 4.70. The zero-order valence-corrected chi connectivity index (χ0v) is 22.2. The van der Waals surface area contributed by atoms with Gasteiger partial charge in [-0.15, -0.1) is 0 Å². The van der Waals surface area contributed by atoms with Gasteiger partial charge in [-0.25, -0.2) is 9.13 Å². The van der Waals surface area contributed by atoms with Crippen molar-refractivity contribution in [2.75, 3.05) is 0 Å². The average molecular weight is 657 g/mol. The number of phosphoric acid groups is 2. The molecular weight excluding hydrogens is 645 g/mol. The van der Waals surface area contributed by atoms with Gasteiger partial charge in [0.05, 0.1) is 0 Å². The molecule has 0 heterocycles. The summed E-state index contributed by atoms with van der Waals surface area (Å²) in [7, 11) is -9.28. The Morgan fingerprint density at radius 1 is 0.625 bits per heavy atom. The minimum absolute atomic E-state index is 0. The molecule has 0 aromatic heterocycles. The molecular formula is H12EuNe2O8P2Sr3. The Kier molecular flexibility index (Phi) is 80.4. The summed E-state index contributed by atoms with van der Waals surface area (Å²) < 4.78 is 17.8. The maximum Gasteiger partial charge on any atom is 2.00 e. The van der Waals surface area contributed by atoms with E-state index in [1.165, 1.54) is 0 Å². The molecule has 0 aliphatic carbocycles. The summed E-state index contributed by atoms with van der Waals surface area (Å²) in [6.45, 7) is 0. The molecule has 99 valence electrons. The summed E-state index contributed by atoms with van der Waals surface area (Å²) in [5.74, 6) is 0. The van der Waals surface area contributed by atoms with Crippen molar-refractivity contribution in [3.63, 3.8) is 0 Å². The van der Waals surface area contributed by atoms with Crippen LogP contribution in [-0.4, -0.2) is 166 Å². The van der Waals surface area contributed by atoms with E-state index >= 15 is 0 Å². The third-order valence-corrected chi connectivity index (χ3v) is 0. The molecule has 8 nitrogen and oxygen atoms in total. The van der Waals surface area contributed by atoms with Crippen LogP contribution in [0.5, 0.6) is 0 Å². The van der Waals surface area contributed by atoms with E-state index in [9.17, 15) is 0 Å². The molecule has 0 unspecified atom stereocenters. The molecule has 16 heteroatoms. The SMILES string of the molecule is O=P(O)(O)O.O=P(O)(O)O.[Eu].[H-].[H-].[H-].[H-].[H-].[H-].[Ne].[Ne].[Sr+2].[Sr+2].[Sr+2]. The van der Waals surface area contributed by atoms with Crippen LogP contribution in [-0.2, 0) is 9.13 Å². The fraction of sp³-hybridized carbons (Fsp3) is 0. The van der Waals surface area contributed by atoms with Crippen molar-refractivity contribution in [2.24, 2.45) is 0 Å². The molecule has 16 heavy (non-hydrogen) atoms. The summed E-state index contributed by atoms with van der Waals surface area (Å²) in [4.78, 5) is 43.1. The minimum Gasteiger partial charge on any atom is -1.00 e. The van der Waals surface area contributed by atoms with Crippen LogP contribution in [0.15, 0.2) is 0 Å². The molecule has 0 saturated carbocycles. The molecule has 0 saturated heterocycles. The molecule has 0 aliphatic rings. The fourth-order valence-corrected chi connectivity index (χ4v) is 0. The van der Waals surface area contributed by atoms with Crippen LogP contribution in [0, 0.1) is 61.7 Å². The van der Waals surface area contributed by atoms with Gasteiger partial charge in [0.1, 0.15) is 0 Å². The molecule has 0 bridgehead atoms. The smallest absolute Gasteiger partial charge is 1.00 e. The Hall–Kier alpha value is 6.06. The Morgan fingerprint density at radius 3 is 0.625 bits per heavy atom. The summed E-state index contributed by atoms with van der Waals surface area (Å²) in [5, 5.41) is 0. The number of hydrogen-bond acceptors (Lipinski definition) is 2. The third kappa shape index (κ3) is 198. The van der Waals surface area contributed by atoms with Crippen molar-refractivity contribution in [1.82, 2.24) is 0 Å². The van der Waals surface area contributed by atoms with Gasteiger partial charge in [-0.2, -0.15) is 0 Å². The van der Waals surface area contributed by atoms with Crippen LogP contribution in [0.1, 0.15) is 8.56 Å². The van der Waals surface area contributed by atoms with Crippen molar-refractivity contribution in [2.45, 2.75) is 0 Å². The van der Waals surface area contributed by atoms with Gasteiger partial charge >= 0.3 is 152 Å². The second kappa shape index (κ2) is 26.0. The summed E-state index contributed by atoms with van der Waals surface area (Å²) in [6, 6.07) is 0. The molecule has 0 atom stereocenters. The molecule has 6 N–H and O–H groups in total. The summed E-state index contributed by atoms with van der Waals surface area (Å²) >= 11 is 0. The van der Waals surface area contributed by atoms with Gasteiger partial charge in [-0.3, -0.25) is 0 Å². The fourth-order valence-electron chi connectivity index (χ4n) is 0. The maximum atomic E-state index is 8.88. The van der Waals surface area contributed by atoms with Crippen LogP contribution in [0.4, 0.5) is 0 Å². The first-order valence-electron chi connectivity index (χ1n) is 1.57. The van der Waals surface area contributed by atoms with Crippen molar-refractivity contribution in [1.29, 1.82) is 0 Å². The zero-order valence-electron chi connectivity index (χ0n) is 13.6. The van der Waals surface area contributed by atoms with E-state index in [1.807, 2.05) is 0 Å². The van der Waals surface area contributed by atoms with E-state index in [2.05, 4.69) is 0 Å². The standard InChI is InChI=1S/Eu.2Ne.2H3O4P.3Sr.6H/c;;;2*1-5(2,3)4;;;;;;;;;/h;;;2*(H3,1,2,3,4);;;;;;;;;/q;;;;;3*+2;6*-1. The van der Waals surface area contributed by atoms with E-state index in [0.717, 1.165) is 0 Å². The zero-order chi connectivity index (χ0) is 9.00. The van der Waals surface area contributed by atoms with Gasteiger partial charge in [0, 0.05) is 61.7 Å². The third-order valence-electron chi connectivity index (χ3n) is 0. The molecule has 0 fully saturated rings. The van der Waals surface area contributed by atoms with Crippen molar-refractivity contribution in [3.8, 4) is 0 Å². The normalized spacial score (nSPS) is 7.38. The summed E-state index contributed by atoms with van der Waals surface area (Å²) in [5.41, 5.74) is 0. The van der Waals surface area contributed by atoms with E-state index in [4.69, 9.17) is 38.5 Å². The first kappa shape index (κ1) is 49.5. The Morgan fingerprint density at radius 2 is 0.625 bits per heavy atom.